The van der Waals surface area contributed by atoms with E-state index >= 15 is 0 Å². The minimum atomic E-state index is 0.726. The number of quaternary nitrogens is 1. The van der Waals surface area contributed by atoms with Crippen LogP contribution in [-0.4, -0.2) is 27.7 Å². The van der Waals surface area contributed by atoms with Crippen LogP contribution >= 0.6 is 0 Å². The summed E-state index contributed by atoms with van der Waals surface area (Å²) in [6.45, 7) is 4.73. The van der Waals surface area contributed by atoms with E-state index in [-0.39, 0.29) is 0 Å². The van der Waals surface area contributed by atoms with Crippen molar-refractivity contribution >= 4 is 5.69 Å². The summed E-state index contributed by atoms with van der Waals surface area (Å²) in [5, 5.41) is 0. The molecule has 0 unspecified atom stereocenters. The Morgan fingerprint density at radius 1 is 1.00 bits per heavy atom. The van der Waals surface area contributed by atoms with Crippen LogP contribution in [0.5, 0.6) is 0 Å². The Bertz CT molecular complexity index is 257. The van der Waals surface area contributed by atoms with Crippen molar-refractivity contribution < 1.29 is 0 Å². The van der Waals surface area contributed by atoms with E-state index in [0.29, 0.717) is 0 Å². The molecule has 2 nitrogen and oxygen atoms in total. The van der Waals surface area contributed by atoms with Gasteiger partial charge < -0.3 is 5.73 Å². The number of hydrogen-bond acceptors (Lipinski definition) is 1. The molecule has 0 bridgehead atoms. The first-order chi connectivity index (χ1) is 7.04. The van der Waals surface area contributed by atoms with E-state index in [1.165, 1.54) is 11.3 Å². The molecule has 1 rings (SSSR count). The molecular formula is C13H25N2+. The third-order valence-corrected chi connectivity index (χ3v) is 2.14. The summed E-state index contributed by atoms with van der Waals surface area (Å²) in [4.78, 5) is 0. The number of nitrogens with zero attached hydrogens (tertiary/aromatic N) is 1. The van der Waals surface area contributed by atoms with Crippen molar-refractivity contribution in [3.05, 3.63) is 29.8 Å². The quantitative estimate of drug-likeness (QED) is 0.760. The summed E-state index contributed by atoms with van der Waals surface area (Å²) in [7, 11) is 6.49. The molecule has 2 N–H and O–H groups in total. The molecule has 0 fully saturated rings. The molecular weight excluding hydrogens is 184 g/mol. The summed E-state index contributed by atoms with van der Waals surface area (Å²) in [6.07, 6.45) is 0.970. The maximum atomic E-state index is 5.48. The molecule has 15 heavy (non-hydrogen) atoms. The second-order valence-corrected chi connectivity index (χ2v) is 4.22. The monoisotopic (exact) mass is 209 g/mol. The van der Waals surface area contributed by atoms with E-state index in [0.717, 1.165) is 17.4 Å². The topological polar surface area (TPSA) is 26.0 Å². The van der Waals surface area contributed by atoms with Crippen molar-refractivity contribution in [3.8, 4) is 0 Å². The molecule has 0 radical (unpaired) electrons. The Kier molecular flexibility index (Phi) is 6.21. The zero-order valence-corrected chi connectivity index (χ0v) is 10.7. The van der Waals surface area contributed by atoms with E-state index in [1.807, 2.05) is 13.8 Å². The lowest BCUT2D eigenvalue weighted by atomic mass is 10.1. The second-order valence-electron chi connectivity index (χ2n) is 4.22. The smallest absolute Gasteiger partial charge is 0.132 e. The summed E-state index contributed by atoms with van der Waals surface area (Å²) < 4.78 is 0.864. The molecule has 0 saturated carbocycles. The van der Waals surface area contributed by atoms with Crippen molar-refractivity contribution in [3.63, 3.8) is 0 Å². The van der Waals surface area contributed by atoms with E-state index in [1.54, 1.807) is 0 Å². The molecule has 0 spiro atoms. The lowest BCUT2D eigenvalue weighted by molar-refractivity contribution is 0.486. The molecule has 0 aromatic heterocycles. The van der Waals surface area contributed by atoms with Crippen molar-refractivity contribution in [2.24, 2.45) is 5.73 Å². The summed E-state index contributed by atoms with van der Waals surface area (Å²) in [5.41, 5.74) is 8.12. The van der Waals surface area contributed by atoms with Gasteiger partial charge >= 0.3 is 0 Å². The van der Waals surface area contributed by atoms with Crippen molar-refractivity contribution in [1.82, 2.24) is 4.48 Å². The highest BCUT2D eigenvalue weighted by Gasteiger charge is 2.10. The standard InChI is InChI=1S/C11H19N2.C2H6/c1-13(2,3)11-6-4-10(5-7-11)8-9-12;1-2/h4-7H,8-9,12H2,1-3H3;1-2H3/q+1;. The molecule has 0 heterocycles. The molecule has 0 aliphatic carbocycles. The fourth-order valence-corrected chi connectivity index (χ4v) is 1.28. The minimum absolute atomic E-state index is 0.726. The molecule has 1 aromatic carbocycles. The van der Waals surface area contributed by atoms with Gasteiger partial charge in [0.25, 0.3) is 0 Å². The second kappa shape index (κ2) is 6.59. The highest BCUT2D eigenvalue weighted by Crippen LogP contribution is 2.17. The lowest BCUT2D eigenvalue weighted by Crippen LogP contribution is -2.34. The van der Waals surface area contributed by atoms with Gasteiger partial charge in [-0.1, -0.05) is 26.0 Å². The Morgan fingerprint density at radius 2 is 1.47 bits per heavy atom. The van der Waals surface area contributed by atoms with Crippen LogP contribution in [-0.2, 0) is 6.42 Å². The van der Waals surface area contributed by atoms with Gasteiger partial charge in [-0.05, 0) is 30.7 Å². The highest BCUT2D eigenvalue weighted by molar-refractivity contribution is 5.42. The Morgan fingerprint density at radius 3 is 1.80 bits per heavy atom. The van der Waals surface area contributed by atoms with Gasteiger partial charge in [-0.25, -0.2) is 0 Å². The number of rotatable bonds is 3. The molecule has 86 valence electrons. The van der Waals surface area contributed by atoms with Crippen LogP contribution in [0.4, 0.5) is 5.69 Å². The SMILES string of the molecule is CC.C[N+](C)(C)c1ccc(CCN)cc1. The molecule has 0 aliphatic rings. The van der Waals surface area contributed by atoms with E-state index in [9.17, 15) is 0 Å². The predicted molar refractivity (Wildman–Crippen MR) is 70.1 cm³/mol. The van der Waals surface area contributed by atoms with Gasteiger partial charge in [0.15, 0.2) is 0 Å². The van der Waals surface area contributed by atoms with E-state index in [2.05, 4.69) is 45.4 Å². The number of benzene rings is 1. The maximum absolute atomic E-state index is 5.48. The summed E-state index contributed by atoms with van der Waals surface area (Å²) in [6, 6.07) is 8.66. The minimum Gasteiger partial charge on any atom is -0.330 e. The summed E-state index contributed by atoms with van der Waals surface area (Å²) >= 11 is 0. The first-order valence-electron chi connectivity index (χ1n) is 5.65. The molecule has 0 amide bonds. The molecule has 2 heteroatoms. The fraction of sp³-hybridized carbons (Fsp3) is 0.538. The normalized spacial score (nSPS) is 10.5. The van der Waals surface area contributed by atoms with E-state index in [4.69, 9.17) is 5.73 Å². The third-order valence-electron chi connectivity index (χ3n) is 2.14. The third kappa shape index (κ3) is 4.96. The first kappa shape index (κ1) is 14.1. The largest absolute Gasteiger partial charge is 0.330 e. The highest BCUT2D eigenvalue weighted by atomic mass is 15.3. The van der Waals surface area contributed by atoms with Gasteiger partial charge in [0.1, 0.15) is 5.69 Å². The van der Waals surface area contributed by atoms with Crippen LogP contribution in [0.25, 0.3) is 0 Å². The van der Waals surface area contributed by atoms with Crippen LogP contribution in [0.1, 0.15) is 19.4 Å². The Labute approximate surface area is 94.3 Å². The van der Waals surface area contributed by atoms with Gasteiger partial charge in [0.2, 0.25) is 0 Å². The van der Waals surface area contributed by atoms with E-state index < -0.39 is 0 Å². The van der Waals surface area contributed by atoms with Crippen LogP contribution in [0.3, 0.4) is 0 Å². The van der Waals surface area contributed by atoms with Crippen molar-refractivity contribution in [1.29, 1.82) is 0 Å². The Balaban J connectivity index is 0.000000921. The maximum Gasteiger partial charge on any atom is 0.132 e. The zero-order chi connectivity index (χ0) is 11.9. The van der Waals surface area contributed by atoms with Crippen molar-refractivity contribution in [2.45, 2.75) is 20.3 Å². The number of nitrogens with two attached hydrogens (primary N) is 1. The van der Waals surface area contributed by atoms with Gasteiger partial charge in [0.05, 0.1) is 21.1 Å². The van der Waals surface area contributed by atoms with Gasteiger partial charge in [-0.2, -0.15) is 0 Å². The van der Waals surface area contributed by atoms with Gasteiger partial charge in [0, 0.05) is 0 Å². The van der Waals surface area contributed by atoms with Gasteiger partial charge in [-0.3, -0.25) is 4.48 Å². The van der Waals surface area contributed by atoms with Crippen molar-refractivity contribution in [2.75, 3.05) is 27.7 Å². The first-order valence-corrected chi connectivity index (χ1v) is 5.65. The molecule has 0 saturated heterocycles. The molecule has 1 aromatic rings. The summed E-state index contributed by atoms with van der Waals surface area (Å²) in [5.74, 6) is 0. The van der Waals surface area contributed by atoms with Crippen LogP contribution < -0.4 is 10.2 Å². The van der Waals surface area contributed by atoms with Gasteiger partial charge in [-0.15, -0.1) is 0 Å². The Hall–Kier alpha value is -0.860. The zero-order valence-electron chi connectivity index (χ0n) is 10.7. The average molecular weight is 209 g/mol. The molecule has 0 atom stereocenters. The lowest BCUT2D eigenvalue weighted by Gasteiger charge is -2.23. The molecule has 0 aliphatic heterocycles. The average Bonchev–Trinajstić information content (AvgIpc) is 2.21. The van der Waals surface area contributed by atoms with Crippen LogP contribution in [0.15, 0.2) is 24.3 Å². The predicted octanol–water partition coefficient (Wildman–Crippen LogP) is 2.41. The number of hydrogen-bond donors (Lipinski definition) is 1. The van der Waals surface area contributed by atoms with Crippen LogP contribution in [0, 0.1) is 0 Å². The van der Waals surface area contributed by atoms with Crippen LogP contribution in [0.2, 0.25) is 0 Å². The fourth-order valence-electron chi connectivity index (χ4n) is 1.28.